The minimum Gasteiger partial charge on any atom is -0.427 e. The first-order valence-corrected chi connectivity index (χ1v) is 7.48. The maximum Gasteiger partial charge on any atom is 0.311 e. The van der Waals surface area contributed by atoms with E-state index >= 15 is 0 Å². The van der Waals surface area contributed by atoms with Gasteiger partial charge in [0.25, 0.3) is 0 Å². The smallest absolute Gasteiger partial charge is 0.311 e. The maximum atomic E-state index is 12.0. The van der Waals surface area contributed by atoms with Gasteiger partial charge in [0.05, 0.1) is 6.42 Å². The first-order valence-electron chi connectivity index (χ1n) is 7.48. The number of hydrogen-bond acceptors (Lipinski definition) is 3. The number of ketones is 1. The zero-order valence-corrected chi connectivity index (χ0v) is 13.0. The monoisotopic (exact) mass is 296 g/mol. The second-order valence-corrected chi connectivity index (χ2v) is 5.26. The Morgan fingerprint density at radius 2 is 1.55 bits per heavy atom. The van der Waals surface area contributed by atoms with Crippen molar-refractivity contribution in [2.24, 2.45) is 0 Å². The molecule has 0 radical (unpaired) electrons. The molecule has 0 heterocycles. The van der Waals surface area contributed by atoms with E-state index in [2.05, 4.69) is 6.92 Å². The fourth-order valence-electron chi connectivity index (χ4n) is 2.08. The third-order valence-electron chi connectivity index (χ3n) is 3.49. The second kappa shape index (κ2) is 7.55. The van der Waals surface area contributed by atoms with Crippen LogP contribution >= 0.6 is 0 Å². The molecule has 0 saturated carbocycles. The highest BCUT2D eigenvalue weighted by molar-refractivity contribution is 5.97. The van der Waals surface area contributed by atoms with E-state index in [9.17, 15) is 9.59 Å². The molecule has 0 aliphatic heterocycles. The van der Waals surface area contributed by atoms with Crippen LogP contribution in [0.5, 0.6) is 5.75 Å². The Bertz CT molecular complexity index is 639. The van der Waals surface area contributed by atoms with Crippen molar-refractivity contribution in [2.75, 3.05) is 0 Å². The molecule has 3 heteroatoms. The number of benzene rings is 2. The molecule has 0 N–H and O–H groups in total. The van der Waals surface area contributed by atoms with Gasteiger partial charge in [-0.3, -0.25) is 9.59 Å². The van der Waals surface area contributed by atoms with E-state index < -0.39 is 0 Å². The minimum absolute atomic E-state index is 0.0433. The van der Waals surface area contributed by atoms with E-state index in [-0.39, 0.29) is 24.6 Å². The van der Waals surface area contributed by atoms with Gasteiger partial charge in [-0.25, -0.2) is 0 Å². The van der Waals surface area contributed by atoms with E-state index in [0.29, 0.717) is 11.3 Å². The Kier molecular flexibility index (Phi) is 5.48. The third-order valence-corrected chi connectivity index (χ3v) is 3.49. The van der Waals surface area contributed by atoms with Crippen LogP contribution in [0, 0.1) is 6.92 Å². The summed E-state index contributed by atoms with van der Waals surface area (Å²) in [5, 5.41) is 0. The summed E-state index contributed by atoms with van der Waals surface area (Å²) in [5.41, 5.74) is 2.92. The van der Waals surface area contributed by atoms with E-state index in [1.807, 2.05) is 31.2 Å². The van der Waals surface area contributed by atoms with Crippen LogP contribution in [0.4, 0.5) is 0 Å². The highest BCUT2D eigenvalue weighted by Crippen LogP contribution is 2.14. The number of esters is 1. The van der Waals surface area contributed by atoms with Crippen LogP contribution in [0.1, 0.15) is 41.3 Å². The third kappa shape index (κ3) is 4.55. The lowest BCUT2D eigenvalue weighted by atomic mass is 10.1. The van der Waals surface area contributed by atoms with Crippen molar-refractivity contribution in [3.8, 4) is 5.75 Å². The van der Waals surface area contributed by atoms with Crippen molar-refractivity contribution in [3.05, 3.63) is 65.2 Å². The van der Waals surface area contributed by atoms with Gasteiger partial charge in [0.2, 0.25) is 0 Å². The molecule has 0 unspecified atom stereocenters. The second-order valence-electron chi connectivity index (χ2n) is 5.26. The fraction of sp³-hybridized carbons (Fsp3) is 0.263. The molecule has 0 aliphatic carbocycles. The average Bonchev–Trinajstić information content (AvgIpc) is 2.54. The Labute approximate surface area is 130 Å². The Hall–Kier alpha value is -2.42. The van der Waals surface area contributed by atoms with E-state index in [4.69, 9.17) is 4.74 Å². The van der Waals surface area contributed by atoms with E-state index in [1.165, 1.54) is 5.56 Å². The number of Topliss-reactive ketones (excluding diaryl/α,β-unsaturated/α-hetero) is 1. The summed E-state index contributed by atoms with van der Waals surface area (Å²) in [5.74, 6) is 0.0907. The van der Waals surface area contributed by atoms with Crippen LogP contribution in [0.2, 0.25) is 0 Å². The maximum absolute atomic E-state index is 12.0. The van der Waals surface area contributed by atoms with Crippen molar-refractivity contribution >= 4 is 11.8 Å². The van der Waals surface area contributed by atoms with Crippen molar-refractivity contribution < 1.29 is 14.3 Å². The summed E-state index contributed by atoms with van der Waals surface area (Å²) in [6.07, 6.45) is 1.19. The first kappa shape index (κ1) is 16.0. The number of hydrogen-bond donors (Lipinski definition) is 0. The number of aryl methyl sites for hydroxylation is 2. The topological polar surface area (TPSA) is 43.4 Å². The minimum atomic E-state index is -0.385. The molecular weight excluding hydrogens is 276 g/mol. The van der Waals surface area contributed by atoms with Crippen LogP contribution in [0.25, 0.3) is 0 Å². The summed E-state index contributed by atoms with van der Waals surface area (Å²) < 4.78 is 5.23. The molecule has 2 aromatic carbocycles. The van der Waals surface area contributed by atoms with Gasteiger partial charge < -0.3 is 4.74 Å². The van der Waals surface area contributed by atoms with Crippen LogP contribution in [0.3, 0.4) is 0 Å². The largest absolute Gasteiger partial charge is 0.427 e. The quantitative estimate of drug-likeness (QED) is 0.457. The molecule has 2 aromatic rings. The number of carbonyl (C=O) groups is 2. The van der Waals surface area contributed by atoms with E-state index in [1.54, 1.807) is 24.3 Å². The van der Waals surface area contributed by atoms with Gasteiger partial charge in [0.1, 0.15) is 5.75 Å². The summed E-state index contributed by atoms with van der Waals surface area (Å²) in [6.45, 7) is 4.03. The molecule has 2 rings (SSSR count). The molecular formula is C19H20O3. The SMILES string of the molecule is CCc1ccc(OC(=O)CCC(=O)c2ccc(C)cc2)cc1. The van der Waals surface area contributed by atoms with Crippen LogP contribution in [-0.2, 0) is 11.2 Å². The molecule has 0 aliphatic rings. The van der Waals surface area contributed by atoms with Crippen molar-refractivity contribution in [1.29, 1.82) is 0 Å². The average molecular weight is 296 g/mol. The molecule has 3 nitrogen and oxygen atoms in total. The predicted molar refractivity (Wildman–Crippen MR) is 86.2 cm³/mol. The lowest BCUT2D eigenvalue weighted by Gasteiger charge is -2.05. The van der Waals surface area contributed by atoms with Crippen LogP contribution in [0.15, 0.2) is 48.5 Å². The lowest BCUT2D eigenvalue weighted by Crippen LogP contribution is -2.10. The van der Waals surface area contributed by atoms with Crippen LogP contribution < -0.4 is 4.74 Å². The summed E-state index contributed by atoms with van der Waals surface area (Å²) in [6, 6.07) is 14.8. The highest BCUT2D eigenvalue weighted by Gasteiger charge is 2.11. The van der Waals surface area contributed by atoms with E-state index in [0.717, 1.165) is 12.0 Å². The van der Waals surface area contributed by atoms with Gasteiger partial charge in [0, 0.05) is 12.0 Å². The fourth-order valence-corrected chi connectivity index (χ4v) is 2.08. The number of ether oxygens (including phenoxy) is 1. The molecule has 0 atom stereocenters. The molecule has 0 spiro atoms. The normalized spacial score (nSPS) is 10.3. The number of carbonyl (C=O) groups excluding carboxylic acids is 2. The van der Waals surface area contributed by atoms with Crippen molar-refractivity contribution in [2.45, 2.75) is 33.1 Å². The summed E-state index contributed by atoms with van der Waals surface area (Å²) in [7, 11) is 0. The predicted octanol–water partition coefficient (Wildman–Crippen LogP) is 4.13. The number of rotatable bonds is 6. The van der Waals surface area contributed by atoms with Gasteiger partial charge in [-0.05, 0) is 31.0 Å². The standard InChI is InChI=1S/C19H20O3/c1-3-15-6-10-17(11-7-15)22-19(21)13-12-18(20)16-8-4-14(2)5-9-16/h4-11H,3,12-13H2,1-2H3. The molecule has 0 aromatic heterocycles. The first-order chi connectivity index (χ1) is 10.6. The van der Waals surface area contributed by atoms with Gasteiger partial charge in [0.15, 0.2) is 5.78 Å². The molecule has 22 heavy (non-hydrogen) atoms. The van der Waals surface area contributed by atoms with Gasteiger partial charge in [-0.1, -0.05) is 48.9 Å². The van der Waals surface area contributed by atoms with Crippen molar-refractivity contribution in [1.82, 2.24) is 0 Å². The molecule has 0 amide bonds. The zero-order chi connectivity index (χ0) is 15.9. The Morgan fingerprint density at radius 1 is 0.909 bits per heavy atom. The van der Waals surface area contributed by atoms with Gasteiger partial charge in [-0.2, -0.15) is 0 Å². The highest BCUT2D eigenvalue weighted by atomic mass is 16.5. The van der Waals surface area contributed by atoms with Crippen molar-refractivity contribution in [3.63, 3.8) is 0 Å². The van der Waals surface area contributed by atoms with Gasteiger partial charge in [-0.15, -0.1) is 0 Å². The summed E-state index contributed by atoms with van der Waals surface area (Å²) >= 11 is 0. The molecule has 0 bridgehead atoms. The lowest BCUT2D eigenvalue weighted by molar-refractivity contribution is -0.134. The van der Waals surface area contributed by atoms with Gasteiger partial charge >= 0.3 is 5.97 Å². The van der Waals surface area contributed by atoms with Crippen LogP contribution in [-0.4, -0.2) is 11.8 Å². The zero-order valence-electron chi connectivity index (χ0n) is 13.0. The molecule has 114 valence electrons. The molecule has 0 fully saturated rings. The Morgan fingerprint density at radius 3 is 2.14 bits per heavy atom. The summed E-state index contributed by atoms with van der Waals surface area (Å²) in [4.78, 5) is 23.8. The Balaban J connectivity index is 1.84. The molecule has 0 saturated heterocycles.